The van der Waals surface area contributed by atoms with Gasteiger partial charge in [-0.3, -0.25) is 4.90 Å². The minimum Gasteiger partial charge on any atom is -0.464 e. The highest BCUT2D eigenvalue weighted by Crippen LogP contribution is 2.40. The molecule has 2 fully saturated rings. The van der Waals surface area contributed by atoms with Crippen molar-refractivity contribution in [2.45, 2.75) is 44.7 Å². The number of piperidine rings is 1. The Bertz CT molecular complexity index is 760. The Kier molecular flexibility index (Phi) is 6.40. The third-order valence-electron chi connectivity index (χ3n) is 5.85. The van der Waals surface area contributed by atoms with Crippen LogP contribution in [-0.4, -0.2) is 49.3 Å². The van der Waals surface area contributed by atoms with Gasteiger partial charge in [-0.15, -0.1) is 0 Å². The first-order chi connectivity index (χ1) is 13.6. The summed E-state index contributed by atoms with van der Waals surface area (Å²) in [7, 11) is 1.34. The lowest BCUT2D eigenvalue weighted by atomic mass is 9.71. The van der Waals surface area contributed by atoms with E-state index in [2.05, 4.69) is 11.4 Å². The molecule has 3 rings (SSSR count). The first-order valence-corrected chi connectivity index (χ1v) is 9.84. The van der Waals surface area contributed by atoms with Crippen LogP contribution in [0, 0.1) is 23.2 Å². The molecule has 1 heterocycles. The van der Waals surface area contributed by atoms with Crippen molar-refractivity contribution in [2.24, 2.45) is 11.8 Å². The molecule has 1 N–H and O–H groups in total. The molecule has 1 aromatic carbocycles. The molecule has 1 saturated heterocycles. The van der Waals surface area contributed by atoms with Crippen LogP contribution in [0.15, 0.2) is 24.3 Å². The second-order valence-corrected chi connectivity index (χ2v) is 7.46. The Morgan fingerprint density at radius 1 is 1.25 bits per heavy atom. The Morgan fingerprint density at radius 2 is 2.04 bits per heavy atom. The van der Waals surface area contributed by atoms with Crippen LogP contribution in [0.5, 0.6) is 0 Å². The summed E-state index contributed by atoms with van der Waals surface area (Å²) >= 11 is 0. The van der Waals surface area contributed by atoms with Crippen LogP contribution < -0.4 is 5.32 Å². The molecule has 0 aromatic heterocycles. The smallest absolute Gasteiger partial charge is 0.410 e. The molecule has 4 atom stereocenters. The second kappa shape index (κ2) is 8.96. The van der Waals surface area contributed by atoms with Gasteiger partial charge in [0, 0.05) is 12.6 Å². The number of rotatable bonds is 4. The lowest BCUT2D eigenvalue weighted by Crippen LogP contribution is -2.55. The molecule has 1 aliphatic carbocycles. The maximum Gasteiger partial charge on any atom is 0.410 e. The van der Waals surface area contributed by atoms with Crippen molar-refractivity contribution in [3.63, 3.8) is 0 Å². The van der Waals surface area contributed by atoms with Crippen molar-refractivity contribution in [1.82, 2.24) is 4.90 Å². The number of fused-ring (bicyclic) bond motifs is 1. The fourth-order valence-electron chi connectivity index (χ4n) is 4.49. The van der Waals surface area contributed by atoms with E-state index >= 15 is 0 Å². The number of benzene rings is 1. The van der Waals surface area contributed by atoms with Crippen LogP contribution in [0.1, 0.15) is 38.2 Å². The largest absolute Gasteiger partial charge is 0.464 e. The summed E-state index contributed by atoms with van der Waals surface area (Å²) in [6.45, 7) is 2.56. The summed E-state index contributed by atoms with van der Waals surface area (Å²) in [5, 5.41) is 12.8. The van der Waals surface area contributed by atoms with E-state index in [-0.39, 0.29) is 18.6 Å². The molecular weight excluding hydrogens is 358 g/mol. The minimum absolute atomic E-state index is 0.239. The molecule has 0 spiro atoms. The molecule has 2 aliphatic rings. The number of anilines is 1. The van der Waals surface area contributed by atoms with E-state index in [0.717, 1.165) is 24.9 Å². The Labute approximate surface area is 165 Å². The van der Waals surface area contributed by atoms with Gasteiger partial charge >= 0.3 is 12.1 Å². The number of amides is 1. The zero-order valence-electron chi connectivity index (χ0n) is 16.4. The van der Waals surface area contributed by atoms with Crippen LogP contribution in [0.4, 0.5) is 10.5 Å². The Balaban J connectivity index is 1.71. The predicted octanol–water partition coefficient (Wildman–Crippen LogP) is 3.16. The van der Waals surface area contributed by atoms with E-state index in [0.29, 0.717) is 30.4 Å². The molecule has 1 amide bonds. The number of nitriles is 1. The number of likely N-dealkylation sites (tertiary alicyclic amines) is 1. The van der Waals surface area contributed by atoms with E-state index in [4.69, 9.17) is 9.47 Å². The highest BCUT2D eigenvalue weighted by atomic mass is 16.6. The second-order valence-electron chi connectivity index (χ2n) is 7.46. The average Bonchev–Trinajstić information content (AvgIpc) is 2.72. The maximum atomic E-state index is 12.4. The van der Waals surface area contributed by atoms with Crippen molar-refractivity contribution >= 4 is 17.7 Å². The van der Waals surface area contributed by atoms with E-state index in [1.807, 2.05) is 18.2 Å². The summed E-state index contributed by atoms with van der Waals surface area (Å²) in [5.41, 5.74) is 1.48. The van der Waals surface area contributed by atoms with Crippen LogP contribution in [0.25, 0.3) is 0 Å². The van der Waals surface area contributed by atoms with Gasteiger partial charge < -0.3 is 14.8 Å². The van der Waals surface area contributed by atoms with E-state index in [1.54, 1.807) is 13.0 Å². The molecule has 1 aromatic rings. The van der Waals surface area contributed by atoms with E-state index < -0.39 is 12.1 Å². The van der Waals surface area contributed by atoms with Gasteiger partial charge in [0.25, 0.3) is 0 Å². The summed E-state index contributed by atoms with van der Waals surface area (Å²) in [4.78, 5) is 26.2. The number of hydrogen-bond donors (Lipinski definition) is 1. The Hall–Kier alpha value is -2.75. The van der Waals surface area contributed by atoms with Crippen LogP contribution >= 0.6 is 0 Å². The predicted molar refractivity (Wildman–Crippen MR) is 104 cm³/mol. The highest BCUT2D eigenvalue weighted by Gasteiger charge is 2.44. The molecule has 0 unspecified atom stereocenters. The number of carbonyl (C=O) groups excluding carboxylic acids is 2. The number of methoxy groups -OCH3 is 1. The van der Waals surface area contributed by atoms with Gasteiger partial charge in [0.05, 0.1) is 25.0 Å². The summed E-state index contributed by atoms with van der Waals surface area (Å²) in [5.74, 6) is 0.293. The molecule has 1 aliphatic heterocycles. The van der Waals surface area contributed by atoms with Gasteiger partial charge in [0.15, 0.2) is 0 Å². The molecule has 7 heteroatoms. The number of nitrogens with zero attached hydrogens (tertiary/aromatic N) is 2. The zero-order chi connectivity index (χ0) is 20.1. The van der Waals surface area contributed by atoms with Crippen molar-refractivity contribution in [3.05, 3.63) is 29.8 Å². The molecular formula is C21H27N3O4. The van der Waals surface area contributed by atoms with E-state index in [9.17, 15) is 14.9 Å². The third kappa shape index (κ3) is 4.22. The van der Waals surface area contributed by atoms with Crippen LogP contribution in [-0.2, 0) is 14.3 Å². The van der Waals surface area contributed by atoms with Gasteiger partial charge in [-0.2, -0.15) is 5.26 Å². The fourth-order valence-corrected chi connectivity index (χ4v) is 4.49. The molecule has 1 saturated carbocycles. The van der Waals surface area contributed by atoms with Gasteiger partial charge in [0.2, 0.25) is 0 Å². The normalized spacial score (nSPS) is 26.5. The fraction of sp³-hybridized carbons (Fsp3) is 0.571. The van der Waals surface area contributed by atoms with Gasteiger partial charge in [-0.25, -0.2) is 9.59 Å². The average molecular weight is 385 g/mol. The maximum absolute atomic E-state index is 12.4. The number of nitrogens with one attached hydrogen (secondary N) is 1. The minimum atomic E-state index is -0.598. The topological polar surface area (TPSA) is 91.7 Å². The van der Waals surface area contributed by atoms with Crippen LogP contribution in [0.2, 0.25) is 0 Å². The number of para-hydroxylation sites is 1. The summed E-state index contributed by atoms with van der Waals surface area (Å²) < 4.78 is 10.1. The van der Waals surface area contributed by atoms with Gasteiger partial charge in [0.1, 0.15) is 12.1 Å². The first-order valence-electron chi connectivity index (χ1n) is 9.84. The number of hydrogen-bond acceptors (Lipinski definition) is 6. The van der Waals surface area contributed by atoms with Crippen molar-refractivity contribution in [1.29, 1.82) is 5.26 Å². The lowest BCUT2D eigenvalue weighted by Gasteiger charge is -2.46. The van der Waals surface area contributed by atoms with Crippen molar-refractivity contribution < 1.29 is 19.1 Å². The van der Waals surface area contributed by atoms with E-state index in [1.165, 1.54) is 12.0 Å². The molecule has 28 heavy (non-hydrogen) atoms. The lowest BCUT2D eigenvalue weighted by molar-refractivity contribution is -0.152. The monoisotopic (exact) mass is 385 g/mol. The summed E-state index contributed by atoms with van der Waals surface area (Å²) in [6, 6.07) is 9.36. The third-order valence-corrected chi connectivity index (χ3v) is 5.85. The molecule has 0 radical (unpaired) electrons. The highest BCUT2D eigenvalue weighted by molar-refractivity contribution is 5.81. The van der Waals surface area contributed by atoms with Crippen LogP contribution in [0.3, 0.4) is 0 Å². The first kappa shape index (κ1) is 20.0. The molecule has 0 bridgehead atoms. The Morgan fingerprint density at radius 3 is 2.75 bits per heavy atom. The SMILES string of the molecule is CCOC(=O)[C@@H]1C[C@H]2C[C@@H](Nc3ccccc3C#N)CC[C@H]2CN1C(=O)OC. The molecule has 150 valence electrons. The standard InChI is InChI=1S/C21H27N3O4/c1-3-28-20(25)19-11-16-10-17(23-18-7-5-4-6-14(18)12-22)9-8-15(16)13-24(19)21(26)27-2/h4-7,15-17,19,23H,3,8-11,13H2,1-2H3/t15-,16+,17-,19-/m0/s1. The van der Waals surface area contributed by atoms with Gasteiger partial charge in [-0.05, 0) is 56.6 Å². The molecule has 7 nitrogen and oxygen atoms in total. The van der Waals surface area contributed by atoms with Crippen molar-refractivity contribution in [3.8, 4) is 6.07 Å². The van der Waals surface area contributed by atoms with Gasteiger partial charge in [-0.1, -0.05) is 12.1 Å². The number of esters is 1. The quantitative estimate of drug-likeness (QED) is 0.801. The summed E-state index contributed by atoms with van der Waals surface area (Å²) in [6.07, 6.45) is 2.92. The number of ether oxygens (including phenoxy) is 2. The number of carbonyl (C=O) groups is 2. The van der Waals surface area contributed by atoms with Crippen molar-refractivity contribution in [2.75, 3.05) is 25.6 Å². The zero-order valence-corrected chi connectivity index (χ0v) is 16.4.